The predicted octanol–water partition coefficient (Wildman–Crippen LogP) is 2.92. The van der Waals surface area contributed by atoms with Gasteiger partial charge in [0.15, 0.2) is 8.68 Å². The highest BCUT2D eigenvalue weighted by Crippen LogP contribution is 2.28. The van der Waals surface area contributed by atoms with Crippen molar-refractivity contribution in [1.82, 2.24) is 20.4 Å². The number of rotatable bonds is 11. The van der Waals surface area contributed by atoms with Gasteiger partial charge in [-0.2, -0.15) is 0 Å². The summed E-state index contributed by atoms with van der Waals surface area (Å²) in [5, 5.41) is 11.0. The van der Waals surface area contributed by atoms with Crippen molar-refractivity contribution in [2.45, 2.75) is 28.6 Å². The molecule has 0 aliphatic carbocycles. The van der Waals surface area contributed by atoms with Crippen LogP contribution in [0.1, 0.15) is 18.9 Å². The monoisotopic (exact) mass is 440 g/mol. The Morgan fingerprint density at radius 3 is 2.61 bits per heavy atom. The lowest BCUT2D eigenvalue weighted by molar-refractivity contribution is -0.127. The summed E-state index contributed by atoms with van der Waals surface area (Å²) in [5.74, 6) is 1.38. The Kier molecular flexibility index (Phi) is 9.59. The third kappa shape index (κ3) is 7.69. The van der Waals surface area contributed by atoms with Gasteiger partial charge in [0.1, 0.15) is 5.75 Å². The molecule has 10 heteroatoms. The molecule has 0 saturated carbocycles. The van der Waals surface area contributed by atoms with Crippen molar-refractivity contribution in [3.8, 4) is 5.75 Å². The van der Waals surface area contributed by atoms with Gasteiger partial charge in [0.05, 0.1) is 18.6 Å². The molecule has 152 valence electrons. The predicted molar refractivity (Wildman–Crippen MR) is 114 cm³/mol. The lowest BCUT2D eigenvalue weighted by atomic mass is 10.2. The molecule has 7 nitrogen and oxygen atoms in total. The van der Waals surface area contributed by atoms with Crippen LogP contribution >= 0.6 is 34.9 Å². The Balaban J connectivity index is 1.76. The van der Waals surface area contributed by atoms with Crippen LogP contribution in [0, 0.1) is 0 Å². The van der Waals surface area contributed by atoms with Gasteiger partial charge in [-0.15, -0.1) is 10.2 Å². The number of nitrogens with one attached hydrogen (secondary N) is 1. The fourth-order valence-electron chi connectivity index (χ4n) is 2.12. The molecule has 0 atom stereocenters. The van der Waals surface area contributed by atoms with Crippen LogP contribution in [-0.4, -0.2) is 59.1 Å². The van der Waals surface area contributed by atoms with Gasteiger partial charge >= 0.3 is 0 Å². The van der Waals surface area contributed by atoms with Crippen LogP contribution in [0.5, 0.6) is 5.75 Å². The summed E-state index contributed by atoms with van der Waals surface area (Å²) in [6.45, 7) is 3.21. The van der Waals surface area contributed by atoms with Crippen molar-refractivity contribution in [2.75, 3.05) is 32.2 Å². The Hall–Kier alpha value is -1.78. The average Bonchev–Trinajstić information content (AvgIpc) is 3.16. The summed E-state index contributed by atoms with van der Waals surface area (Å²) in [6, 6.07) is 7.66. The molecule has 0 unspecified atom stereocenters. The summed E-state index contributed by atoms with van der Waals surface area (Å²) in [6.07, 6.45) is 0.913. The van der Waals surface area contributed by atoms with Crippen LogP contribution < -0.4 is 10.1 Å². The van der Waals surface area contributed by atoms with E-state index in [-0.39, 0.29) is 17.6 Å². The topological polar surface area (TPSA) is 84.4 Å². The molecular formula is C18H24N4O3S3. The maximum absolute atomic E-state index is 12.4. The molecule has 0 aliphatic rings. The minimum atomic E-state index is -0.00871. The molecule has 1 aromatic heterocycles. The molecule has 0 fully saturated rings. The summed E-state index contributed by atoms with van der Waals surface area (Å²) in [7, 11) is 3.40. The number of aromatic nitrogens is 2. The summed E-state index contributed by atoms with van der Waals surface area (Å²) >= 11 is 4.11. The first-order chi connectivity index (χ1) is 13.5. The average molecular weight is 441 g/mol. The smallest absolute Gasteiger partial charge is 0.233 e. The van der Waals surface area contributed by atoms with Crippen molar-refractivity contribution < 1.29 is 14.3 Å². The molecule has 1 aromatic carbocycles. The first kappa shape index (κ1) is 22.5. The third-order valence-electron chi connectivity index (χ3n) is 3.59. The third-order valence-corrected chi connectivity index (χ3v) is 6.76. The van der Waals surface area contributed by atoms with E-state index in [0.29, 0.717) is 18.8 Å². The van der Waals surface area contributed by atoms with Crippen LogP contribution in [0.3, 0.4) is 0 Å². The van der Waals surface area contributed by atoms with Crippen molar-refractivity contribution in [1.29, 1.82) is 0 Å². The fourth-order valence-corrected chi connectivity index (χ4v) is 4.91. The van der Waals surface area contributed by atoms with E-state index in [1.807, 2.05) is 31.2 Å². The SMILES string of the molecule is CCCNC(=O)CSc1nnc(SCC(=O)N(C)Cc2cccc(OC)c2)s1. The standard InChI is InChI=1S/C18H24N4O3S3/c1-4-8-19-15(23)11-26-17-20-21-18(28-17)27-12-16(24)22(2)10-13-6-5-7-14(9-13)25-3/h5-7,9H,4,8,10-12H2,1-3H3,(H,19,23). The number of hydrogen-bond acceptors (Lipinski definition) is 8. The number of carbonyl (C=O) groups excluding carboxylic acids is 2. The van der Waals surface area contributed by atoms with Gasteiger partial charge in [0, 0.05) is 20.1 Å². The summed E-state index contributed by atoms with van der Waals surface area (Å²) < 4.78 is 6.66. The number of nitrogens with zero attached hydrogens (tertiary/aromatic N) is 3. The van der Waals surface area contributed by atoms with Crippen LogP contribution in [0.25, 0.3) is 0 Å². The number of carbonyl (C=O) groups is 2. The van der Waals surface area contributed by atoms with E-state index in [1.54, 1.807) is 19.1 Å². The van der Waals surface area contributed by atoms with E-state index in [9.17, 15) is 9.59 Å². The maximum Gasteiger partial charge on any atom is 0.233 e. The van der Waals surface area contributed by atoms with Crippen molar-refractivity contribution >= 4 is 46.7 Å². The molecular weight excluding hydrogens is 416 g/mol. The van der Waals surface area contributed by atoms with E-state index < -0.39 is 0 Å². The molecule has 2 aromatic rings. The van der Waals surface area contributed by atoms with E-state index in [2.05, 4.69) is 15.5 Å². The number of methoxy groups -OCH3 is 1. The highest BCUT2D eigenvalue weighted by atomic mass is 32.2. The van der Waals surface area contributed by atoms with Crippen molar-refractivity contribution in [2.24, 2.45) is 0 Å². The van der Waals surface area contributed by atoms with Gasteiger partial charge in [-0.05, 0) is 24.1 Å². The highest BCUT2D eigenvalue weighted by molar-refractivity contribution is 8.03. The molecule has 1 N–H and O–H groups in total. The fraction of sp³-hybridized carbons (Fsp3) is 0.444. The van der Waals surface area contributed by atoms with Gasteiger partial charge in [-0.3, -0.25) is 9.59 Å². The minimum absolute atomic E-state index is 0.00871. The zero-order valence-electron chi connectivity index (χ0n) is 16.1. The largest absolute Gasteiger partial charge is 0.497 e. The Labute approximate surface area is 177 Å². The highest BCUT2D eigenvalue weighted by Gasteiger charge is 2.13. The number of benzene rings is 1. The molecule has 0 aliphatic heterocycles. The molecule has 1 heterocycles. The number of thioether (sulfide) groups is 2. The van der Waals surface area contributed by atoms with E-state index in [1.165, 1.54) is 34.9 Å². The number of ether oxygens (including phenoxy) is 1. The minimum Gasteiger partial charge on any atom is -0.497 e. The Bertz CT molecular complexity index is 785. The van der Waals surface area contributed by atoms with Gasteiger partial charge in [-0.25, -0.2) is 0 Å². The lowest BCUT2D eigenvalue weighted by Crippen LogP contribution is -2.27. The quantitative estimate of drug-likeness (QED) is 0.538. The van der Waals surface area contributed by atoms with Crippen molar-refractivity contribution in [3.05, 3.63) is 29.8 Å². The van der Waals surface area contributed by atoms with Crippen LogP contribution in [-0.2, 0) is 16.1 Å². The molecule has 0 radical (unpaired) electrons. The van der Waals surface area contributed by atoms with Gasteiger partial charge in [-0.1, -0.05) is 53.9 Å². The zero-order chi connectivity index (χ0) is 20.4. The first-order valence-corrected chi connectivity index (χ1v) is 11.5. The second-order valence-electron chi connectivity index (χ2n) is 5.86. The first-order valence-electron chi connectivity index (χ1n) is 8.74. The Morgan fingerprint density at radius 2 is 1.93 bits per heavy atom. The molecule has 0 saturated heterocycles. The number of hydrogen-bond donors (Lipinski definition) is 1. The molecule has 2 rings (SSSR count). The second kappa shape index (κ2) is 11.9. The summed E-state index contributed by atoms with van der Waals surface area (Å²) in [5.41, 5.74) is 1.01. The van der Waals surface area contributed by atoms with E-state index >= 15 is 0 Å². The normalized spacial score (nSPS) is 10.5. The lowest BCUT2D eigenvalue weighted by Gasteiger charge is -2.17. The van der Waals surface area contributed by atoms with E-state index in [0.717, 1.165) is 26.4 Å². The van der Waals surface area contributed by atoms with Crippen molar-refractivity contribution in [3.63, 3.8) is 0 Å². The van der Waals surface area contributed by atoms with E-state index in [4.69, 9.17) is 4.74 Å². The van der Waals surface area contributed by atoms with Gasteiger partial charge < -0.3 is 15.0 Å². The molecule has 0 bridgehead atoms. The van der Waals surface area contributed by atoms with Crippen LogP contribution in [0.15, 0.2) is 32.9 Å². The summed E-state index contributed by atoms with van der Waals surface area (Å²) in [4.78, 5) is 25.7. The van der Waals surface area contributed by atoms with Crippen LogP contribution in [0.4, 0.5) is 0 Å². The molecule has 28 heavy (non-hydrogen) atoms. The maximum atomic E-state index is 12.4. The zero-order valence-corrected chi connectivity index (χ0v) is 18.6. The van der Waals surface area contributed by atoms with Crippen LogP contribution in [0.2, 0.25) is 0 Å². The number of amides is 2. The Morgan fingerprint density at radius 1 is 1.21 bits per heavy atom. The molecule has 0 spiro atoms. The second-order valence-corrected chi connectivity index (χ2v) is 9.28. The van der Waals surface area contributed by atoms with Gasteiger partial charge in [0.2, 0.25) is 11.8 Å². The van der Waals surface area contributed by atoms with Gasteiger partial charge in [0.25, 0.3) is 0 Å². The molecule has 2 amide bonds.